The molecule has 0 amide bonds. The zero-order valence-corrected chi connectivity index (χ0v) is 9.08. The maximum atomic E-state index is 5.73. The number of halogens is 1. The van der Waals surface area contributed by atoms with Crippen LogP contribution in [0.1, 0.15) is 20.8 Å². The van der Waals surface area contributed by atoms with Crippen LogP contribution in [0.4, 0.5) is 0 Å². The fraction of sp³-hybridized carbons (Fsp3) is 0.444. The molecule has 2 heterocycles. The predicted molar refractivity (Wildman–Crippen MR) is 55.3 cm³/mol. The fourth-order valence-corrected chi connectivity index (χ4v) is 1.41. The lowest BCUT2D eigenvalue weighted by Gasteiger charge is -2.20. The molecule has 0 aliphatic rings. The molecule has 0 aliphatic heterocycles. The molecule has 0 atom stereocenters. The van der Waals surface area contributed by atoms with Gasteiger partial charge in [-0.15, -0.1) is 0 Å². The molecule has 2 rings (SSSR count). The molecule has 0 saturated carbocycles. The lowest BCUT2D eigenvalue weighted by atomic mass is 10.1. The van der Waals surface area contributed by atoms with Gasteiger partial charge in [0.2, 0.25) is 5.28 Å². The van der Waals surface area contributed by atoms with Gasteiger partial charge in [-0.2, -0.15) is 4.98 Å². The molecule has 0 saturated heterocycles. The normalized spacial score (nSPS) is 12.3. The molecule has 0 radical (unpaired) electrons. The maximum absolute atomic E-state index is 5.73. The summed E-state index contributed by atoms with van der Waals surface area (Å²) in [6.45, 7) is 6.26. The van der Waals surface area contributed by atoms with Crippen LogP contribution in [0.5, 0.6) is 0 Å². The average Bonchev–Trinajstić information content (AvgIpc) is 2.45. The first-order valence-electron chi connectivity index (χ1n) is 4.34. The third kappa shape index (κ3) is 1.46. The summed E-state index contributed by atoms with van der Waals surface area (Å²) in [5.41, 5.74) is 1.49. The molecule has 4 nitrogen and oxygen atoms in total. The van der Waals surface area contributed by atoms with Crippen LogP contribution in [0.25, 0.3) is 11.2 Å². The van der Waals surface area contributed by atoms with Crippen molar-refractivity contribution >= 4 is 22.8 Å². The zero-order chi connectivity index (χ0) is 10.3. The number of hydrogen-bond acceptors (Lipinski definition) is 3. The van der Waals surface area contributed by atoms with E-state index in [1.807, 2.05) is 4.57 Å². The van der Waals surface area contributed by atoms with Crippen molar-refractivity contribution in [1.29, 1.82) is 0 Å². The number of rotatable bonds is 0. The number of aromatic nitrogens is 4. The zero-order valence-electron chi connectivity index (χ0n) is 8.32. The first kappa shape index (κ1) is 9.40. The standard InChI is InChI=1S/C9H11ClN4/c1-9(2,3)14-5-12-6-4-11-8(10)13-7(6)14/h4-5H,1-3H3. The van der Waals surface area contributed by atoms with Gasteiger partial charge in [-0.05, 0) is 32.4 Å². The lowest BCUT2D eigenvalue weighted by molar-refractivity contribution is 0.406. The number of fused-ring (bicyclic) bond motifs is 1. The van der Waals surface area contributed by atoms with E-state index < -0.39 is 0 Å². The van der Waals surface area contributed by atoms with Crippen molar-refractivity contribution in [3.63, 3.8) is 0 Å². The number of nitrogens with zero attached hydrogens (tertiary/aromatic N) is 4. The molecule has 5 heteroatoms. The van der Waals surface area contributed by atoms with Gasteiger partial charge in [0.05, 0.1) is 12.5 Å². The minimum absolute atomic E-state index is 0.0492. The van der Waals surface area contributed by atoms with Crippen molar-refractivity contribution < 1.29 is 0 Å². The fourth-order valence-electron chi connectivity index (χ4n) is 1.28. The second kappa shape index (κ2) is 2.92. The van der Waals surface area contributed by atoms with E-state index in [9.17, 15) is 0 Å². The van der Waals surface area contributed by atoms with Crippen LogP contribution in [0, 0.1) is 0 Å². The van der Waals surface area contributed by atoms with Crippen molar-refractivity contribution in [2.45, 2.75) is 26.3 Å². The van der Waals surface area contributed by atoms with Gasteiger partial charge in [-0.25, -0.2) is 9.97 Å². The summed E-state index contributed by atoms with van der Waals surface area (Å²) >= 11 is 5.73. The summed E-state index contributed by atoms with van der Waals surface area (Å²) in [5, 5.41) is 0.253. The Morgan fingerprint density at radius 3 is 2.64 bits per heavy atom. The minimum atomic E-state index is -0.0492. The second-order valence-corrected chi connectivity index (χ2v) is 4.47. The topological polar surface area (TPSA) is 43.6 Å². The van der Waals surface area contributed by atoms with Crippen LogP contribution in [-0.4, -0.2) is 19.5 Å². The third-order valence-corrected chi connectivity index (χ3v) is 2.17. The van der Waals surface area contributed by atoms with Crippen molar-refractivity contribution in [1.82, 2.24) is 19.5 Å². The van der Waals surface area contributed by atoms with E-state index in [1.165, 1.54) is 0 Å². The third-order valence-electron chi connectivity index (χ3n) is 1.98. The van der Waals surface area contributed by atoms with Crippen molar-refractivity contribution in [3.05, 3.63) is 17.8 Å². The van der Waals surface area contributed by atoms with E-state index >= 15 is 0 Å². The molecule has 74 valence electrons. The first-order valence-corrected chi connectivity index (χ1v) is 4.72. The Balaban J connectivity index is 2.73. The van der Waals surface area contributed by atoms with E-state index in [-0.39, 0.29) is 10.8 Å². The quantitative estimate of drug-likeness (QED) is 0.627. The summed E-state index contributed by atoms with van der Waals surface area (Å²) in [6.07, 6.45) is 3.39. The summed E-state index contributed by atoms with van der Waals surface area (Å²) < 4.78 is 1.98. The Kier molecular flexibility index (Phi) is 1.96. The second-order valence-electron chi connectivity index (χ2n) is 4.13. The number of hydrogen-bond donors (Lipinski definition) is 0. The van der Waals surface area contributed by atoms with Crippen molar-refractivity contribution in [2.24, 2.45) is 0 Å². The molecule has 0 unspecified atom stereocenters. The van der Waals surface area contributed by atoms with Crippen molar-refractivity contribution in [2.75, 3.05) is 0 Å². The van der Waals surface area contributed by atoms with E-state index in [0.717, 1.165) is 11.2 Å². The maximum Gasteiger partial charge on any atom is 0.224 e. The Morgan fingerprint density at radius 1 is 1.29 bits per heavy atom. The van der Waals surface area contributed by atoms with E-state index in [2.05, 4.69) is 35.7 Å². The van der Waals surface area contributed by atoms with Gasteiger partial charge >= 0.3 is 0 Å². The van der Waals surface area contributed by atoms with Crippen LogP contribution in [0.2, 0.25) is 5.28 Å². The van der Waals surface area contributed by atoms with Crippen LogP contribution in [0.15, 0.2) is 12.5 Å². The lowest BCUT2D eigenvalue weighted by Crippen LogP contribution is -2.21. The van der Waals surface area contributed by atoms with Crippen LogP contribution in [0.3, 0.4) is 0 Å². The molecule has 0 aromatic carbocycles. The monoisotopic (exact) mass is 210 g/mol. The average molecular weight is 211 g/mol. The summed E-state index contributed by atoms with van der Waals surface area (Å²) in [5.74, 6) is 0. The van der Waals surface area contributed by atoms with Crippen LogP contribution < -0.4 is 0 Å². The highest BCUT2D eigenvalue weighted by atomic mass is 35.5. The summed E-state index contributed by atoms with van der Waals surface area (Å²) in [7, 11) is 0. The van der Waals surface area contributed by atoms with Gasteiger partial charge in [0, 0.05) is 5.54 Å². The molecule has 14 heavy (non-hydrogen) atoms. The molecule has 0 bridgehead atoms. The Bertz CT molecular complexity index is 469. The Morgan fingerprint density at radius 2 is 2.00 bits per heavy atom. The molecular weight excluding hydrogens is 200 g/mol. The Hall–Kier alpha value is -1.16. The highest BCUT2D eigenvalue weighted by Crippen LogP contribution is 2.20. The van der Waals surface area contributed by atoms with Gasteiger partial charge in [0.1, 0.15) is 5.52 Å². The first-order chi connectivity index (χ1) is 6.48. The van der Waals surface area contributed by atoms with Gasteiger partial charge in [-0.3, -0.25) is 0 Å². The van der Waals surface area contributed by atoms with E-state index in [4.69, 9.17) is 11.6 Å². The minimum Gasteiger partial charge on any atom is -0.310 e. The molecule has 2 aromatic rings. The molecule has 0 spiro atoms. The largest absolute Gasteiger partial charge is 0.310 e. The van der Waals surface area contributed by atoms with Gasteiger partial charge in [-0.1, -0.05) is 0 Å². The van der Waals surface area contributed by atoms with Crippen LogP contribution >= 0.6 is 11.6 Å². The smallest absolute Gasteiger partial charge is 0.224 e. The summed E-state index contributed by atoms with van der Waals surface area (Å²) in [4.78, 5) is 12.2. The van der Waals surface area contributed by atoms with Crippen molar-refractivity contribution in [3.8, 4) is 0 Å². The molecule has 0 fully saturated rings. The van der Waals surface area contributed by atoms with Gasteiger partial charge < -0.3 is 4.57 Å². The van der Waals surface area contributed by atoms with Gasteiger partial charge in [0.15, 0.2) is 5.65 Å². The van der Waals surface area contributed by atoms with E-state index in [1.54, 1.807) is 12.5 Å². The highest BCUT2D eigenvalue weighted by Gasteiger charge is 2.17. The van der Waals surface area contributed by atoms with Gasteiger partial charge in [0.25, 0.3) is 0 Å². The number of imidazole rings is 1. The molecule has 0 N–H and O–H groups in total. The molecule has 0 aliphatic carbocycles. The predicted octanol–water partition coefficient (Wildman–Crippen LogP) is 2.23. The van der Waals surface area contributed by atoms with Crippen LogP contribution in [-0.2, 0) is 5.54 Å². The van der Waals surface area contributed by atoms with E-state index in [0.29, 0.717) is 0 Å². The SMILES string of the molecule is CC(C)(C)n1cnc2cnc(Cl)nc21. The molecule has 2 aromatic heterocycles. The highest BCUT2D eigenvalue weighted by molar-refractivity contribution is 6.28. The Labute approximate surface area is 87.0 Å². The summed E-state index contributed by atoms with van der Waals surface area (Å²) in [6, 6.07) is 0. The molecular formula is C9H11ClN4.